The quantitative estimate of drug-likeness (QED) is 0.816. The number of nitrogens with one attached hydrogen (secondary N) is 1. The summed E-state index contributed by atoms with van der Waals surface area (Å²) in [6, 6.07) is 2.54. The van der Waals surface area contributed by atoms with Gasteiger partial charge in [-0.15, -0.1) is 0 Å². The van der Waals surface area contributed by atoms with Gasteiger partial charge in [0.25, 0.3) is 0 Å². The third kappa shape index (κ3) is 3.65. The lowest BCUT2D eigenvalue weighted by molar-refractivity contribution is 0.204. The molecular weight excluding hydrogens is 228 g/mol. The Hall–Kier alpha value is -1.20. The van der Waals surface area contributed by atoms with E-state index in [4.69, 9.17) is 4.74 Å². The lowest BCUT2D eigenvalue weighted by atomic mass is 10.2. The lowest BCUT2D eigenvalue weighted by Gasteiger charge is -2.26. The second-order valence-electron chi connectivity index (χ2n) is 4.69. The van der Waals surface area contributed by atoms with Crippen molar-refractivity contribution in [3.8, 4) is 0 Å². The summed E-state index contributed by atoms with van der Waals surface area (Å²) in [6.45, 7) is 5.62. The topological polar surface area (TPSA) is 50.3 Å². The fourth-order valence-electron chi connectivity index (χ4n) is 2.30. The molecule has 2 heterocycles. The van der Waals surface area contributed by atoms with Crippen molar-refractivity contribution in [3.63, 3.8) is 0 Å². The summed E-state index contributed by atoms with van der Waals surface area (Å²) >= 11 is 0. The molecule has 1 aliphatic rings. The van der Waals surface area contributed by atoms with Crippen molar-refractivity contribution >= 4 is 5.82 Å². The first-order chi connectivity index (χ1) is 8.79. The van der Waals surface area contributed by atoms with E-state index in [0.717, 1.165) is 37.9 Å². The Bertz CT molecular complexity index is 366. The van der Waals surface area contributed by atoms with Crippen LogP contribution in [0.25, 0.3) is 0 Å². The van der Waals surface area contributed by atoms with Crippen molar-refractivity contribution in [1.29, 1.82) is 0 Å². The van der Waals surface area contributed by atoms with Crippen LogP contribution in [0.15, 0.2) is 12.3 Å². The molecule has 0 saturated carbocycles. The highest BCUT2D eigenvalue weighted by Crippen LogP contribution is 2.13. The van der Waals surface area contributed by atoms with Crippen molar-refractivity contribution in [1.82, 2.24) is 15.3 Å². The third-order valence-corrected chi connectivity index (χ3v) is 3.25. The molecule has 1 unspecified atom stereocenters. The maximum absolute atomic E-state index is 5.18. The summed E-state index contributed by atoms with van der Waals surface area (Å²) in [4.78, 5) is 10.9. The van der Waals surface area contributed by atoms with E-state index in [1.54, 1.807) is 7.11 Å². The van der Waals surface area contributed by atoms with Gasteiger partial charge >= 0.3 is 0 Å². The van der Waals surface area contributed by atoms with E-state index in [1.165, 1.54) is 12.8 Å². The van der Waals surface area contributed by atoms with Crippen molar-refractivity contribution in [2.75, 3.05) is 38.3 Å². The number of hydrogen-bond donors (Lipinski definition) is 1. The van der Waals surface area contributed by atoms with Gasteiger partial charge in [0.05, 0.1) is 6.61 Å². The van der Waals surface area contributed by atoms with Crippen LogP contribution in [-0.2, 0) is 4.74 Å². The molecule has 0 spiro atoms. The Morgan fingerprint density at radius 2 is 2.44 bits per heavy atom. The van der Waals surface area contributed by atoms with Gasteiger partial charge in [0, 0.05) is 32.4 Å². The zero-order valence-electron chi connectivity index (χ0n) is 11.2. The second kappa shape index (κ2) is 6.66. The van der Waals surface area contributed by atoms with Gasteiger partial charge in [0.1, 0.15) is 11.6 Å². The van der Waals surface area contributed by atoms with E-state index < -0.39 is 0 Å². The molecule has 1 aliphatic heterocycles. The highest BCUT2D eigenvalue weighted by Gasteiger charge is 2.18. The van der Waals surface area contributed by atoms with Crippen LogP contribution < -0.4 is 10.2 Å². The fraction of sp³-hybridized carbons (Fsp3) is 0.692. The smallest absolute Gasteiger partial charge is 0.132 e. The summed E-state index contributed by atoms with van der Waals surface area (Å²) in [7, 11) is 1.73. The predicted octanol–water partition coefficient (Wildman–Crippen LogP) is 0.990. The van der Waals surface area contributed by atoms with Crippen LogP contribution in [0.3, 0.4) is 0 Å². The number of nitrogens with zero attached hydrogens (tertiary/aromatic N) is 3. The summed E-state index contributed by atoms with van der Waals surface area (Å²) in [5.41, 5.74) is 0. The van der Waals surface area contributed by atoms with Crippen molar-refractivity contribution in [2.45, 2.75) is 25.8 Å². The van der Waals surface area contributed by atoms with E-state index in [1.807, 2.05) is 19.2 Å². The Balaban J connectivity index is 2.03. The first-order valence-electron chi connectivity index (χ1n) is 6.56. The Morgan fingerprint density at radius 1 is 1.56 bits per heavy atom. The Kier molecular flexibility index (Phi) is 4.90. The van der Waals surface area contributed by atoms with Gasteiger partial charge in [0.15, 0.2) is 0 Å². The van der Waals surface area contributed by atoms with Crippen molar-refractivity contribution in [2.24, 2.45) is 0 Å². The van der Waals surface area contributed by atoms with E-state index in [0.29, 0.717) is 6.04 Å². The van der Waals surface area contributed by atoms with Gasteiger partial charge < -0.3 is 15.0 Å². The molecule has 1 atom stereocenters. The number of rotatable bonds is 6. The number of aromatic nitrogens is 2. The molecule has 5 heteroatoms. The number of anilines is 1. The van der Waals surface area contributed by atoms with Gasteiger partial charge in [-0.2, -0.15) is 0 Å². The molecule has 18 heavy (non-hydrogen) atoms. The third-order valence-electron chi connectivity index (χ3n) is 3.25. The monoisotopic (exact) mass is 250 g/mol. The summed E-state index contributed by atoms with van der Waals surface area (Å²) < 4.78 is 5.18. The van der Waals surface area contributed by atoms with Crippen LogP contribution >= 0.6 is 0 Å². The average Bonchev–Trinajstić information content (AvgIpc) is 2.87. The van der Waals surface area contributed by atoms with Gasteiger partial charge in [-0.25, -0.2) is 9.97 Å². The minimum atomic E-state index is 0.567. The molecule has 0 aliphatic carbocycles. The predicted molar refractivity (Wildman–Crippen MR) is 71.9 cm³/mol. The molecule has 100 valence electrons. The molecule has 0 amide bonds. The van der Waals surface area contributed by atoms with Crippen LogP contribution in [-0.4, -0.2) is 49.4 Å². The van der Waals surface area contributed by atoms with Crippen LogP contribution in [0.2, 0.25) is 0 Å². The normalized spacial score (nSPS) is 19.1. The molecule has 1 aromatic rings. The number of methoxy groups -OCH3 is 1. The molecule has 1 saturated heterocycles. The zero-order valence-corrected chi connectivity index (χ0v) is 11.2. The molecule has 0 aromatic carbocycles. The first kappa shape index (κ1) is 13.2. The largest absolute Gasteiger partial charge is 0.383 e. The Morgan fingerprint density at radius 3 is 3.11 bits per heavy atom. The van der Waals surface area contributed by atoms with Crippen molar-refractivity contribution < 1.29 is 4.74 Å². The molecule has 1 fully saturated rings. The van der Waals surface area contributed by atoms with E-state index in [9.17, 15) is 0 Å². The standard InChI is InChI=1S/C13H22N4O/c1-11-14-7-5-13(16-11)17(8-9-18-2)10-12-4-3-6-15-12/h5,7,12,15H,3-4,6,8-10H2,1-2H3. The average molecular weight is 250 g/mol. The summed E-state index contributed by atoms with van der Waals surface area (Å²) in [6.07, 6.45) is 4.33. The molecule has 1 aromatic heterocycles. The molecule has 0 radical (unpaired) electrons. The Labute approximate surface area is 109 Å². The van der Waals surface area contributed by atoms with E-state index in [-0.39, 0.29) is 0 Å². The molecule has 0 bridgehead atoms. The van der Waals surface area contributed by atoms with Crippen LogP contribution in [0.4, 0.5) is 5.82 Å². The highest BCUT2D eigenvalue weighted by molar-refractivity contribution is 5.37. The second-order valence-corrected chi connectivity index (χ2v) is 4.69. The highest BCUT2D eigenvalue weighted by atomic mass is 16.5. The number of ether oxygens (including phenoxy) is 1. The minimum Gasteiger partial charge on any atom is -0.383 e. The van der Waals surface area contributed by atoms with Crippen LogP contribution in [0, 0.1) is 6.92 Å². The molecule has 1 N–H and O–H groups in total. The fourth-order valence-corrected chi connectivity index (χ4v) is 2.30. The SMILES string of the molecule is COCCN(CC1CCCN1)c1ccnc(C)n1. The lowest BCUT2D eigenvalue weighted by Crippen LogP contribution is -2.39. The van der Waals surface area contributed by atoms with Crippen LogP contribution in [0.1, 0.15) is 18.7 Å². The zero-order chi connectivity index (χ0) is 12.8. The maximum Gasteiger partial charge on any atom is 0.132 e. The van der Waals surface area contributed by atoms with E-state index in [2.05, 4.69) is 20.2 Å². The summed E-state index contributed by atoms with van der Waals surface area (Å²) in [5.74, 6) is 1.81. The molecule has 2 rings (SSSR count). The van der Waals surface area contributed by atoms with Crippen LogP contribution in [0.5, 0.6) is 0 Å². The van der Waals surface area contributed by atoms with Crippen molar-refractivity contribution in [3.05, 3.63) is 18.1 Å². The van der Waals surface area contributed by atoms with Gasteiger partial charge in [-0.05, 0) is 32.4 Å². The first-order valence-corrected chi connectivity index (χ1v) is 6.56. The molecule has 5 nitrogen and oxygen atoms in total. The van der Waals surface area contributed by atoms with Gasteiger partial charge in [-0.1, -0.05) is 0 Å². The summed E-state index contributed by atoms with van der Waals surface area (Å²) in [5, 5.41) is 3.52. The van der Waals surface area contributed by atoms with E-state index >= 15 is 0 Å². The maximum atomic E-state index is 5.18. The number of hydrogen-bond acceptors (Lipinski definition) is 5. The molecular formula is C13H22N4O. The van der Waals surface area contributed by atoms with Gasteiger partial charge in [-0.3, -0.25) is 0 Å². The van der Waals surface area contributed by atoms with Gasteiger partial charge in [0.2, 0.25) is 0 Å². The minimum absolute atomic E-state index is 0.567. The number of aryl methyl sites for hydroxylation is 1.